The molecule has 4 aromatic rings. The van der Waals surface area contributed by atoms with Gasteiger partial charge in [-0.3, -0.25) is 10.1 Å². The van der Waals surface area contributed by atoms with E-state index in [-0.39, 0.29) is 35.7 Å². The molecule has 5 aliphatic rings. The van der Waals surface area contributed by atoms with Crippen LogP contribution < -0.4 is 20.9 Å². The predicted molar refractivity (Wildman–Crippen MR) is 183 cm³/mol. The third-order valence-electron chi connectivity index (χ3n) is 11.3. The molecule has 3 atom stereocenters. The van der Waals surface area contributed by atoms with Crippen molar-refractivity contribution in [2.24, 2.45) is 17.3 Å². The highest BCUT2D eigenvalue weighted by molar-refractivity contribution is 6.07. The quantitative estimate of drug-likeness (QED) is 0.162. The highest BCUT2D eigenvalue weighted by Gasteiger charge is 2.50. The molecule has 0 radical (unpaired) electrons. The van der Waals surface area contributed by atoms with E-state index in [0.717, 1.165) is 52.2 Å². The smallest absolute Gasteiger partial charge is 0.322 e. The van der Waals surface area contributed by atoms with E-state index >= 15 is 0 Å². The number of benzene rings is 2. The van der Waals surface area contributed by atoms with E-state index in [1.54, 1.807) is 24.5 Å². The van der Waals surface area contributed by atoms with Crippen molar-refractivity contribution in [3.63, 3.8) is 0 Å². The van der Waals surface area contributed by atoms with Crippen molar-refractivity contribution in [3.05, 3.63) is 47.5 Å². The van der Waals surface area contributed by atoms with Crippen LogP contribution in [0.25, 0.3) is 21.9 Å². The summed E-state index contributed by atoms with van der Waals surface area (Å²) in [6.07, 6.45) is 10.8. The number of nitrogens with zero attached hydrogens (tertiary/aromatic N) is 6. The molecule has 50 heavy (non-hydrogen) atoms. The number of carbonyl (C=O) groups is 2. The highest BCUT2D eigenvalue weighted by Crippen LogP contribution is 2.48. The summed E-state index contributed by atoms with van der Waals surface area (Å²) >= 11 is 0. The molecule has 4 N–H and O–H groups in total. The summed E-state index contributed by atoms with van der Waals surface area (Å²) in [5.74, 6) is 3.89. The van der Waals surface area contributed by atoms with Crippen molar-refractivity contribution in [1.29, 1.82) is 0 Å². The Morgan fingerprint density at radius 1 is 1.14 bits per heavy atom. The number of fused-ring (bicyclic) bond motifs is 3. The first kappa shape index (κ1) is 31.0. The number of hydrogen-bond acceptors (Lipinski definition) is 10. The third-order valence-corrected chi connectivity index (χ3v) is 11.3. The summed E-state index contributed by atoms with van der Waals surface area (Å²) in [6, 6.07) is 5.55. The lowest BCUT2D eigenvalue weighted by Crippen LogP contribution is -2.59. The number of carbonyl (C=O) groups excluding carboxylic acids is 2. The molecule has 6 heterocycles. The van der Waals surface area contributed by atoms with E-state index in [1.165, 1.54) is 6.07 Å². The average Bonchev–Trinajstić information content (AvgIpc) is 3.36. The minimum absolute atomic E-state index is 0.0311. The molecule has 3 unspecified atom stereocenters. The van der Waals surface area contributed by atoms with Crippen molar-refractivity contribution in [2.45, 2.75) is 37.8 Å². The SMILES string of the molecule is C#Cc1c(F)ccc2cc(O)cc(Cn3cnc4c(NCC5(CN6CC7COCC7C6)CC5)nc(N5CCCC6(C5)NC(=O)NC6=O)nc43)c12. The van der Waals surface area contributed by atoms with Crippen LogP contribution in [0.2, 0.25) is 0 Å². The van der Waals surface area contributed by atoms with Gasteiger partial charge < -0.3 is 34.8 Å². The number of halogens is 1. The summed E-state index contributed by atoms with van der Waals surface area (Å²) < 4.78 is 22.4. The number of imidazole rings is 1. The fraction of sp³-hybridized carbons (Fsp3) is 0.472. The summed E-state index contributed by atoms with van der Waals surface area (Å²) in [4.78, 5) is 44.3. The number of piperidine rings is 1. The lowest BCUT2D eigenvalue weighted by atomic mass is 9.89. The van der Waals surface area contributed by atoms with Gasteiger partial charge in [-0.2, -0.15) is 9.97 Å². The largest absolute Gasteiger partial charge is 0.508 e. The molecule has 4 saturated heterocycles. The fourth-order valence-corrected chi connectivity index (χ4v) is 8.54. The molecule has 5 fully saturated rings. The predicted octanol–water partition coefficient (Wildman–Crippen LogP) is 2.80. The number of likely N-dealkylation sites (tertiary alicyclic amines) is 1. The van der Waals surface area contributed by atoms with Gasteiger partial charge in [-0.05, 0) is 54.8 Å². The van der Waals surface area contributed by atoms with Gasteiger partial charge in [0.2, 0.25) is 5.95 Å². The zero-order valence-corrected chi connectivity index (χ0v) is 27.5. The second kappa shape index (κ2) is 11.5. The Bertz CT molecular complexity index is 2100. The second-order valence-electron chi connectivity index (χ2n) is 14.8. The first-order chi connectivity index (χ1) is 24.2. The number of hydrogen-bond donors (Lipinski definition) is 4. The molecule has 1 saturated carbocycles. The molecule has 1 aliphatic carbocycles. The fourth-order valence-electron chi connectivity index (χ4n) is 8.54. The van der Waals surface area contributed by atoms with Crippen LogP contribution >= 0.6 is 0 Å². The van der Waals surface area contributed by atoms with Crippen LogP contribution in [0.4, 0.5) is 21.0 Å². The number of aromatic nitrogens is 4. The minimum Gasteiger partial charge on any atom is -0.508 e. The molecule has 3 amide bonds. The number of aromatic hydroxyl groups is 1. The lowest BCUT2D eigenvalue weighted by molar-refractivity contribution is -0.124. The van der Waals surface area contributed by atoms with Crippen LogP contribution in [0.5, 0.6) is 5.75 Å². The van der Waals surface area contributed by atoms with Gasteiger partial charge in [-0.25, -0.2) is 14.2 Å². The van der Waals surface area contributed by atoms with E-state index in [1.807, 2.05) is 9.47 Å². The zero-order valence-electron chi connectivity index (χ0n) is 27.5. The number of phenols is 1. The molecule has 4 aliphatic heterocycles. The molecule has 1 spiro atoms. The van der Waals surface area contributed by atoms with Crippen LogP contribution in [-0.4, -0.2) is 99.5 Å². The highest BCUT2D eigenvalue weighted by atomic mass is 19.1. The normalized spacial score (nSPS) is 25.6. The number of anilines is 2. The Labute approximate surface area is 287 Å². The van der Waals surface area contributed by atoms with Crippen molar-refractivity contribution >= 4 is 45.6 Å². The van der Waals surface area contributed by atoms with Crippen molar-refractivity contribution in [1.82, 2.24) is 35.1 Å². The minimum atomic E-state index is -1.06. The van der Waals surface area contributed by atoms with Crippen molar-refractivity contribution < 1.29 is 23.8 Å². The number of ether oxygens (including phenoxy) is 1. The van der Waals surface area contributed by atoms with Gasteiger partial charge in [0.15, 0.2) is 17.0 Å². The molecule has 13 nitrogen and oxygen atoms in total. The Balaban J connectivity index is 1.07. The van der Waals surface area contributed by atoms with Crippen molar-refractivity contribution in [3.8, 4) is 18.1 Å². The van der Waals surface area contributed by atoms with E-state index in [2.05, 4.69) is 26.8 Å². The second-order valence-corrected chi connectivity index (χ2v) is 14.8. The molecule has 9 rings (SSSR count). The number of terminal acetylenes is 1. The summed E-state index contributed by atoms with van der Waals surface area (Å²) in [7, 11) is 0. The first-order valence-electron chi connectivity index (χ1n) is 17.3. The maximum absolute atomic E-state index is 14.9. The van der Waals surface area contributed by atoms with E-state index in [4.69, 9.17) is 26.1 Å². The van der Waals surface area contributed by atoms with E-state index < -0.39 is 17.4 Å². The average molecular weight is 680 g/mol. The van der Waals surface area contributed by atoms with Gasteiger partial charge >= 0.3 is 6.03 Å². The number of urea groups is 1. The van der Waals surface area contributed by atoms with Gasteiger partial charge in [0.05, 0.1) is 38.2 Å². The van der Waals surface area contributed by atoms with Gasteiger partial charge in [0.1, 0.15) is 17.1 Å². The van der Waals surface area contributed by atoms with E-state index in [0.29, 0.717) is 70.5 Å². The Hall–Kier alpha value is -5.00. The zero-order chi connectivity index (χ0) is 34.2. The van der Waals surface area contributed by atoms with E-state index in [9.17, 15) is 19.1 Å². The first-order valence-corrected chi connectivity index (χ1v) is 17.3. The monoisotopic (exact) mass is 679 g/mol. The summed E-state index contributed by atoms with van der Waals surface area (Å²) in [5, 5.41) is 20.6. The lowest BCUT2D eigenvalue weighted by Gasteiger charge is -2.38. The standard InChI is InChI=1S/C36H38FN9O4/c1-2-26-27(37)5-4-21-10-25(47)11-22(28(21)26)14-46-20-39-29-30(38-17-35(7-8-35)18-44-12-23-15-50-16-24(23)13-44)40-33(41-31(29)46)45-9-3-6-36(19-45)32(48)42-34(49)43-36/h1,4-5,10-11,20,23-24,47H,3,6-9,12-19H2,(H,38,40,41)(H2,42,43,48,49). The Morgan fingerprint density at radius 2 is 1.96 bits per heavy atom. The molecule has 0 bridgehead atoms. The molecular formula is C36H38FN9O4. The van der Waals surface area contributed by atoms with Crippen LogP contribution in [0.1, 0.15) is 36.8 Å². The number of imide groups is 1. The molecular weight excluding hydrogens is 641 g/mol. The summed E-state index contributed by atoms with van der Waals surface area (Å²) in [5.41, 5.74) is 0.917. The van der Waals surface area contributed by atoms with Gasteiger partial charge in [0, 0.05) is 55.4 Å². The maximum Gasteiger partial charge on any atom is 0.322 e. The van der Waals surface area contributed by atoms with Crippen LogP contribution in [0.15, 0.2) is 30.6 Å². The van der Waals surface area contributed by atoms with Gasteiger partial charge in [-0.15, -0.1) is 6.42 Å². The van der Waals surface area contributed by atoms with Crippen LogP contribution in [0, 0.1) is 35.4 Å². The number of rotatable bonds is 8. The Morgan fingerprint density at radius 3 is 2.70 bits per heavy atom. The molecule has 14 heteroatoms. The van der Waals surface area contributed by atoms with Gasteiger partial charge in [0.25, 0.3) is 5.91 Å². The number of amides is 3. The van der Waals surface area contributed by atoms with Crippen LogP contribution in [-0.2, 0) is 16.1 Å². The van der Waals surface area contributed by atoms with Crippen molar-refractivity contribution in [2.75, 3.05) is 62.7 Å². The Kier molecular flexibility index (Phi) is 7.15. The number of nitrogens with one attached hydrogen (secondary N) is 3. The topological polar surface area (TPSA) is 150 Å². The van der Waals surface area contributed by atoms with Crippen LogP contribution in [0.3, 0.4) is 0 Å². The molecule has 258 valence electrons. The third kappa shape index (κ3) is 5.27. The number of phenolic OH excluding ortho intramolecular Hbond substituents is 1. The van der Waals surface area contributed by atoms with Gasteiger partial charge in [-0.1, -0.05) is 12.0 Å². The molecule has 2 aromatic heterocycles. The molecule has 2 aromatic carbocycles. The maximum atomic E-state index is 14.9. The summed E-state index contributed by atoms with van der Waals surface area (Å²) in [6.45, 7) is 6.62.